The lowest BCUT2D eigenvalue weighted by molar-refractivity contribution is 0.499. The van der Waals surface area contributed by atoms with Gasteiger partial charge in [-0.2, -0.15) is 0 Å². The predicted octanol–water partition coefficient (Wildman–Crippen LogP) is 3.43. The fraction of sp³-hybridized carbons (Fsp3) is 0.385. The summed E-state index contributed by atoms with van der Waals surface area (Å²) < 4.78 is 13.2. The van der Waals surface area contributed by atoms with Crippen LogP contribution < -0.4 is 0 Å². The number of nitrogens with one attached hydrogen (secondary N) is 1. The third-order valence-corrected chi connectivity index (χ3v) is 3.40. The van der Waals surface area contributed by atoms with E-state index in [1.807, 2.05) is 6.07 Å². The molecule has 1 unspecified atom stereocenters. The van der Waals surface area contributed by atoms with Gasteiger partial charge >= 0.3 is 0 Å². The van der Waals surface area contributed by atoms with Crippen LogP contribution in [0.3, 0.4) is 0 Å². The highest BCUT2D eigenvalue weighted by atomic mass is 19.1. The lowest BCUT2D eigenvalue weighted by Gasteiger charge is -2.17. The van der Waals surface area contributed by atoms with Crippen LogP contribution in [0.15, 0.2) is 18.2 Å². The third-order valence-electron chi connectivity index (χ3n) is 3.40. The first-order chi connectivity index (χ1) is 7.24. The number of fused-ring (bicyclic) bond motifs is 3. The second kappa shape index (κ2) is 3.09. The highest BCUT2D eigenvalue weighted by molar-refractivity contribution is 5.85. The summed E-state index contributed by atoms with van der Waals surface area (Å²) in [6.45, 7) is 2.26. The number of rotatable bonds is 0. The molecule has 2 heteroatoms. The Kier molecular flexibility index (Phi) is 1.84. The van der Waals surface area contributed by atoms with Crippen molar-refractivity contribution in [1.82, 2.24) is 4.98 Å². The molecule has 0 radical (unpaired) electrons. The minimum atomic E-state index is -0.137. The molecule has 3 rings (SSSR count). The SMILES string of the molecule is CC1CCc2[nH]c3ccc(F)cc3c2C1. The molecule has 78 valence electrons. The molecule has 1 nitrogen and oxygen atoms in total. The van der Waals surface area contributed by atoms with Gasteiger partial charge in [-0.3, -0.25) is 0 Å². The number of H-pyrrole nitrogens is 1. The summed E-state index contributed by atoms with van der Waals surface area (Å²) in [5.74, 6) is 0.585. The van der Waals surface area contributed by atoms with E-state index in [2.05, 4.69) is 11.9 Å². The number of aromatic amines is 1. The Bertz CT molecular complexity index is 512. The van der Waals surface area contributed by atoms with Crippen LogP contribution in [0.1, 0.15) is 24.6 Å². The van der Waals surface area contributed by atoms with Crippen molar-refractivity contribution in [1.29, 1.82) is 0 Å². The van der Waals surface area contributed by atoms with E-state index in [9.17, 15) is 4.39 Å². The predicted molar refractivity (Wildman–Crippen MR) is 59.4 cm³/mol. The molecule has 2 aromatic rings. The van der Waals surface area contributed by atoms with Gasteiger partial charge in [0.15, 0.2) is 0 Å². The highest BCUT2D eigenvalue weighted by Crippen LogP contribution is 2.31. The molecule has 0 amide bonds. The number of aromatic nitrogens is 1. The van der Waals surface area contributed by atoms with Gasteiger partial charge in [0, 0.05) is 16.6 Å². The standard InChI is InChI=1S/C13H14FN/c1-8-2-4-12-10(6-8)11-7-9(14)3-5-13(11)15-12/h3,5,7-8,15H,2,4,6H2,1H3. The Morgan fingerprint density at radius 3 is 3.13 bits per heavy atom. The average Bonchev–Trinajstić information content (AvgIpc) is 2.56. The molecule has 1 aliphatic carbocycles. The molecule has 1 aliphatic rings. The van der Waals surface area contributed by atoms with E-state index in [1.54, 1.807) is 6.07 Å². The molecule has 0 spiro atoms. The van der Waals surface area contributed by atoms with E-state index in [1.165, 1.54) is 23.7 Å². The summed E-state index contributed by atoms with van der Waals surface area (Å²) in [5.41, 5.74) is 3.73. The minimum Gasteiger partial charge on any atom is -0.358 e. The fourth-order valence-corrected chi connectivity index (χ4v) is 2.56. The lowest BCUT2D eigenvalue weighted by Crippen LogP contribution is -2.09. The normalized spacial score (nSPS) is 20.5. The topological polar surface area (TPSA) is 15.8 Å². The van der Waals surface area contributed by atoms with E-state index in [-0.39, 0.29) is 5.82 Å². The van der Waals surface area contributed by atoms with Crippen molar-refractivity contribution in [2.75, 3.05) is 0 Å². The van der Waals surface area contributed by atoms with Gasteiger partial charge in [-0.25, -0.2) is 4.39 Å². The van der Waals surface area contributed by atoms with Gasteiger partial charge in [0.25, 0.3) is 0 Å². The largest absolute Gasteiger partial charge is 0.358 e. The molecule has 0 aliphatic heterocycles. The zero-order valence-electron chi connectivity index (χ0n) is 8.81. The molecule has 0 saturated carbocycles. The summed E-state index contributed by atoms with van der Waals surface area (Å²) >= 11 is 0. The molecule has 1 heterocycles. The fourth-order valence-electron chi connectivity index (χ4n) is 2.56. The molecular weight excluding hydrogens is 189 g/mol. The molecule has 0 fully saturated rings. The van der Waals surface area contributed by atoms with E-state index < -0.39 is 0 Å². The number of aryl methyl sites for hydroxylation is 1. The zero-order valence-corrected chi connectivity index (χ0v) is 8.81. The summed E-state index contributed by atoms with van der Waals surface area (Å²) in [7, 11) is 0. The van der Waals surface area contributed by atoms with Crippen LogP contribution in [0.25, 0.3) is 10.9 Å². The molecule has 1 aromatic carbocycles. The third kappa shape index (κ3) is 1.36. The Balaban J connectivity index is 2.25. The van der Waals surface area contributed by atoms with Crippen LogP contribution in [0.4, 0.5) is 4.39 Å². The lowest BCUT2D eigenvalue weighted by atomic mass is 9.88. The summed E-state index contributed by atoms with van der Waals surface area (Å²) in [6, 6.07) is 5.02. The van der Waals surface area contributed by atoms with Gasteiger partial charge < -0.3 is 4.98 Å². The number of hydrogen-bond donors (Lipinski definition) is 1. The second-order valence-electron chi connectivity index (χ2n) is 4.62. The zero-order chi connectivity index (χ0) is 10.4. The van der Waals surface area contributed by atoms with Gasteiger partial charge in [0.05, 0.1) is 0 Å². The molecule has 1 N–H and O–H groups in total. The van der Waals surface area contributed by atoms with Gasteiger partial charge in [-0.1, -0.05) is 6.92 Å². The van der Waals surface area contributed by atoms with Crippen molar-refractivity contribution in [3.8, 4) is 0 Å². The Morgan fingerprint density at radius 1 is 1.40 bits per heavy atom. The maximum absolute atomic E-state index is 13.2. The first-order valence-electron chi connectivity index (χ1n) is 5.53. The Hall–Kier alpha value is -1.31. The molecular formula is C13H14FN. The quantitative estimate of drug-likeness (QED) is 0.675. The van der Waals surface area contributed by atoms with Crippen LogP contribution in [-0.4, -0.2) is 4.98 Å². The van der Waals surface area contributed by atoms with Crippen LogP contribution >= 0.6 is 0 Å². The Labute approximate surface area is 88.3 Å². The van der Waals surface area contributed by atoms with Crippen LogP contribution in [0.5, 0.6) is 0 Å². The minimum absolute atomic E-state index is 0.137. The van der Waals surface area contributed by atoms with Crippen LogP contribution in [0.2, 0.25) is 0 Å². The summed E-state index contributed by atoms with van der Waals surface area (Å²) in [6.07, 6.45) is 3.42. The number of benzene rings is 1. The van der Waals surface area contributed by atoms with Crippen LogP contribution in [-0.2, 0) is 12.8 Å². The summed E-state index contributed by atoms with van der Waals surface area (Å²) in [5, 5.41) is 1.08. The van der Waals surface area contributed by atoms with Crippen molar-refractivity contribution in [2.45, 2.75) is 26.2 Å². The second-order valence-corrected chi connectivity index (χ2v) is 4.62. The molecule has 1 aromatic heterocycles. The monoisotopic (exact) mass is 203 g/mol. The van der Waals surface area contributed by atoms with Gasteiger partial charge in [-0.15, -0.1) is 0 Å². The highest BCUT2D eigenvalue weighted by Gasteiger charge is 2.19. The van der Waals surface area contributed by atoms with Gasteiger partial charge in [-0.05, 0) is 48.9 Å². The summed E-state index contributed by atoms with van der Waals surface area (Å²) in [4.78, 5) is 3.40. The van der Waals surface area contributed by atoms with E-state index >= 15 is 0 Å². The van der Waals surface area contributed by atoms with Crippen molar-refractivity contribution in [3.63, 3.8) is 0 Å². The van der Waals surface area contributed by atoms with Gasteiger partial charge in [0.1, 0.15) is 5.82 Å². The van der Waals surface area contributed by atoms with E-state index in [0.29, 0.717) is 0 Å². The number of halogens is 1. The Morgan fingerprint density at radius 2 is 2.27 bits per heavy atom. The van der Waals surface area contributed by atoms with Crippen LogP contribution in [0, 0.1) is 11.7 Å². The maximum Gasteiger partial charge on any atom is 0.123 e. The average molecular weight is 203 g/mol. The molecule has 1 atom stereocenters. The maximum atomic E-state index is 13.2. The smallest absolute Gasteiger partial charge is 0.123 e. The first kappa shape index (κ1) is 8.96. The van der Waals surface area contributed by atoms with E-state index in [4.69, 9.17) is 0 Å². The van der Waals surface area contributed by atoms with Crippen molar-refractivity contribution >= 4 is 10.9 Å². The molecule has 0 bridgehead atoms. The van der Waals surface area contributed by atoms with Crippen molar-refractivity contribution < 1.29 is 4.39 Å². The van der Waals surface area contributed by atoms with Crippen molar-refractivity contribution in [2.24, 2.45) is 5.92 Å². The number of hydrogen-bond acceptors (Lipinski definition) is 0. The molecule has 0 saturated heterocycles. The molecule has 15 heavy (non-hydrogen) atoms. The van der Waals surface area contributed by atoms with Crippen molar-refractivity contribution in [3.05, 3.63) is 35.3 Å². The first-order valence-corrected chi connectivity index (χ1v) is 5.53. The van der Waals surface area contributed by atoms with E-state index in [0.717, 1.165) is 29.7 Å². The van der Waals surface area contributed by atoms with Gasteiger partial charge in [0.2, 0.25) is 0 Å².